The second-order valence-corrected chi connectivity index (χ2v) is 6.50. The fourth-order valence-corrected chi connectivity index (χ4v) is 2.92. The highest BCUT2D eigenvalue weighted by Gasteiger charge is 2.39. The van der Waals surface area contributed by atoms with E-state index in [-0.39, 0.29) is 22.8 Å². The van der Waals surface area contributed by atoms with Crippen LogP contribution in [0.25, 0.3) is 5.69 Å². The van der Waals surface area contributed by atoms with Crippen LogP contribution in [0.15, 0.2) is 48.7 Å². The second kappa shape index (κ2) is 8.20. The summed E-state index contributed by atoms with van der Waals surface area (Å²) in [5.41, 5.74) is -1.05. The maximum atomic E-state index is 13.6. The van der Waals surface area contributed by atoms with Crippen LogP contribution in [0.1, 0.15) is 16.8 Å². The summed E-state index contributed by atoms with van der Waals surface area (Å²) in [7, 11) is 0. The summed E-state index contributed by atoms with van der Waals surface area (Å²) in [5, 5.41) is 6.24. The van der Waals surface area contributed by atoms with Crippen LogP contribution in [0.5, 0.6) is 0 Å². The molecule has 1 aromatic heterocycles. The van der Waals surface area contributed by atoms with Crippen molar-refractivity contribution in [2.45, 2.75) is 19.1 Å². The van der Waals surface area contributed by atoms with Gasteiger partial charge in [0.1, 0.15) is 11.6 Å². The van der Waals surface area contributed by atoms with E-state index in [1.54, 1.807) is 0 Å². The molecule has 10 heteroatoms. The molecular formula is C19H13ClF5N3O. The summed E-state index contributed by atoms with van der Waals surface area (Å²) in [6, 6.07) is 7.91. The topological polar surface area (TPSA) is 46.9 Å². The third-order valence-corrected chi connectivity index (χ3v) is 4.38. The molecule has 29 heavy (non-hydrogen) atoms. The lowest BCUT2D eigenvalue weighted by atomic mass is 10.1. The van der Waals surface area contributed by atoms with Gasteiger partial charge in [-0.25, -0.2) is 13.5 Å². The summed E-state index contributed by atoms with van der Waals surface area (Å²) < 4.78 is 67.4. The Bertz CT molecular complexity index is 1030. The first-order valence-electron chi connectivity index (χ1n) is 8.26. The Balaban J connectivity index is 1.79. The molecule has 0 aliphatic carbocycles. The van der Waals surface area contributed by atoms with E-state index < -0.39 is 35.8 Å². The lowest BCUT2D eigenvalue weighted by Crippen LogP contribution is -2.26. The lowest BCUT2D eigenvalue weighted by Gasteiger charge is -2.13. The average Bonchev–Trinajstić information content (AvgIpc) is 3.05. The molecule has 0 atom stereocenters. The fraction of sp³-hybridized carbons (Fsp3) is 0.158. The van der Waals surface area contributed by atoms with Crippen molar-refractivity contribution in [3.63, 3.8) is 0 Å². The van der Waals surface area contributed by atoms with Crippen LogP contribution in [0.4, 0.5) is 22.0 Å². The second-order valence-electron chi connectivity index (χ2n) is 6.09. The van der Waals surface area contributed by atoms with Crippen LogP contribution in [-0.2, 0) is 23.9 Å². The number of nitrogens with one attached hydrogen (secondary N) is 1. The molecule has 4 nitrogen and oxygen atoms in total. The summed E-state index contributed by atoms with van der Waals surface area (Å²) >= 11 is 5.86. The number of carbonyl (C=O) groups excluding carboxylic acids is 1. The molecule has 3 rings (SSSR count). The molecule has 3 aromatic rings. The predicted molar refractivity (Wildman–Crippen MR) is 95.5 cm³/mol. The molecule has 0 aliphatic rings. The number of halogens is 6. The van der Waals surface area contributed by atoms with E-state index in [4.69, 9.17) is 11.6 Å². The first-order valence-corrected chi connectivity index (χ1v) is 8.63. The van der Waals surface area contributed by atoms with Crippen molar-refractivity contribution in [2.75, 3.05) is 0 Å². The molecule has 1 N–H and O–H groups in total. The van der Waals surface area contributed by atoms with E-state index in [2.05, 4.69) is 10.4 Å². The van der Waals surface area contributed by atoms with Gasteiger partial charge in [0, 0.05) is 17.1 Å². The van der Waals surface area contributed by atoms with Crippen molar-refractivity contribution in [3.05, 3.63) is 82.1 Å². The van der Waals surface area contributed by atoms with Gasteiger partial charge < -0.3 is 5.32 Å². The van der Waals surface area contributed by atoms with Crippen molar-refractivity contribution in [1.82, 2.24) is 15.1 Å². The van der Waals surface area contributed by atoms with Gasteiger partial charge in [-0.05, 0) is 42.0 Å². The standard InChI is InChI=1S/C19H13ClF5N3O/c20-16-8-14(22)2-1-11(16)9-26-17(29)7-12-10-27-28(18(12)19(23,24)25)15-5-3-13(21)4-6-15/h1-6,8,10H,7,9H2,(H,26,29). The van der Waals surface area contributed by atoms with Crippen molar-refractivity contribution < 1.29 is 26.7 Å². The summed E-state index contributed by atoms with van der Waals surface area (Å²) in [4.78, 5) is 12.2. The zero-order valence-electron chi connectivity index (χ0n) is 14.6. The first-order chi connectivity index (χ1) is 13.6. The molecule has 0 saturated carbocycles. The predicted octanol–water partition coefficient (Wildman–Crippen LogP) is 4.68. The normalized spacial score (nSPS) is 11.5. The first kappa shape index (κ1) is 20.8. The Labute approximate surface area is 166 Å². The Morgan fingerprint density at radius 1 is 1.03 bits per heavy atom. The van der Waals surface area contributed by atoms with Crippen molar-refractivity contribution in [1.29, 1.82) is 0 Å². The zero-order valence-corrected chi connectivity index (χ0v) is 15.4. The number of aromatic nitrogens is 2. The van der Waals surface area contributed by atoms with Gasteiger partial charge in [-0.3, -0.25) is 4.79 Å². The number of amides is 1. The smallest absolute Gasteiger partial charge is 0.352 e. The molecule has 0 unspecified atom stereocenters. The number of hydrogen-bond acceptors (Lipinski definition) is 2. The molecule has 1 amide bonds. The van der Waals surface area contributed by atoms with Crippen LogP contribution in [0.2, 0.25) is 5.02 Å². The van der Waals surface area contributed by atoms with Crippen molar-refractivity contribution in [2.24, 2.45) is 0 Å². The molecule has 0 saturated heterocycles. The molecule has 152 valence electrons. The van der Waals surface area contributed by atoms with E-state index in [1.165, 1.54) is 6.07 Å². The van der Waals surface area contributed by atoms with E-state index in [1.807, 2.05) is 0 Å². The summed E-state index contributed by atoms with van der Waals surface area (Å²) in [6.07, 6.45) is -4.44. The van der Waals surface area contributed by atoms with E-state index in [9.17, 15) is 26.7 Å². The molecule has 0 spiro atoms. The molecule has 0 bridgehead atoms. The van der Waals surface area contributed by atoms with Gasteiger partial charge >= 0.3 is 6.18 Å². The number of hydrogen-bond donors (Lipinski definition) is 1. The van der Waals surface area contributed by atoms with Gasteiger partial charge in [-0.1, -0.05) is 17.7 Å². The average molecular weight is 430 g/mol. The zero-order chi connectivity index (χ0) is 21.2. The highest BCUT2D eigenvalue weighted by molar-refractivity contribution is 6.31. The van der Waals surface area contributed by atoms with Crippen molar-refractivity contribution >= 4 is 17.5 Å². The number of benzene rings is 2. The minimum atomic E-state index is -4.79. The monoisotopic (exact) mass is 429 g/mol. The minimum Gasteiger partial charge on any atom is -0.352 e. The number of nitrogens with zero attached hydrogens (tertiary/aromatic N) is 2. The molecule has 0 aliphatic heterocycles. The quantitative estimate of drug-likeness (QED) is 0.599. The third-order valence-electron chi connectivity index (χ3n) is 4.03. The highest BCUT2D eigenvalue weighted by Crippen LogP contribution is 2.34. The SMILES string of the molecule is O=C(Cc1cnn(-c2ccc(F)cc2)c1C(F)(F)F)NCc1ccc(F)cc1Cl. The summed E-state index contributed by atoms with van der Waals surface area (Å²) in [5.74, 6) is -1.85. The van der Waals surface area contributed by atoms with E-state index in [0.29, 0.717) is 10.2 Å². The van der Waals surface area contributed by atoms with Gasteiger partial charge in [0.15, 0.2) is 5.69 Å². The lowest BCUT2D eigenvalue weighted by molar-refractivity contribution is -0.143. The van der Waals surface area contributed by atoms with Crippen LogP contribution >= 0.6 is 11.6 Å². The van der Waals surface area contributed by atoms with E-state index >= 15 is 0 Å². The van der Waals surface area contributed by atoms with Gasteiger partial charge in [0.25, 0.3) is 0 Å². The Kier molecular flexibility index (Phi) is 5.88. The van der Waals surface area contributed by atoms with Crippen LogP contribution in [-0.4, -0.2) is 15.7 Å². The van der Waals surface area contributed by atoms with Gasteiger partial charge in [-0.2, -0.15) is 18.3 Å². The van der Waals surface area contributed by atoms with Gasteiger partial charge in [-0.15, -0.1) is 0 Å². The number of carbonyl (C=O) groups is 1. The molecule has 2 aromatic carbocycles. The molecule has 0 fully saturated rings. The van der Waals surface area contributed by atoms with Gasteiger partial charge in [0.2, 0.25) is 5.91 Å². The Morgan fingerprint density at radius 3 is 2.31 bits per heavy atom. The third kappa shape index (κ3) is 4.92. The molecule has 1 heterocycles. The van der Waals surface area contributed by atoms with E-state index in [0.717, 1.165) is 42.6 Å². The maximum absolute atomic E-state index is 13.6. The number of rotatable bonds is 5. The fourth-order valence-electron chi connectivity index (χ4n) is 2.69. The van der Waals surface area contributed by atoms with Crippen molar-refractivity contribution in [3.8, 4) is 5.69 Å². The molecule has 0 radical (unpaired) electrons. The van der Waals surface area contributed by atoms with Crippen LogP contribution in [0, 0.1) is 11.6 Å². The van der Waals surface area contributed by atoms with Crippen LogP contribution in [0.3, 0.4) is 0 Å². The van der Waals surface area contributed by atoms with Gasteiger partial charge in [0.05, 0.1) is 18.3 Å². The Hall–Kier alpha value is -2.94. The highest BCUT2D eigenvalue weighted by atomic mass is 35.5. The number of alkyl halides is 3. The Morgan fingerprint density at radius 2 is 1.69 bits per heavy atom. The minimum absolute atomic E-state index is 0.00322. The molecular weight excluding hydrogens is 417 g/mol. The van der Waals surface area contributed by atoms with Crippen LogP contribution < -0.4 is 5.32 Å². The largest absolute Gasteiger partial charge is 0.433 e. The summed E-state index contributed by atoms with van der Waals surface area (Å²) in [6.45, 7) is -0.0780. The maximum Gasteiger partial charge on any atom is 0.433 e.